The van der Waals surface area contributed by atoms with Crippen molar-refractivity contribution in [2.24, 2.45) is 0 Å². The van der Waals surface area contributed by atoms with Crippen LogP contribution < -0.4 is 5.32 Å². The topological polar surface area (TPSA) is 15.3 Å². The molecule has 0 radical (unpaired) electrons. The van der Waals surface area contributed by atoms with Gasteiger partial charge in [-0.3, -0.25) is 4.90 Å². The van der Waals surface area contributed by atoms with Gasteiger partial charge in [0.15, 0.2) is 0 Å². The second kappa shape index (κ2) is 6.99. The number of halogens is 4. The fourth-order valence-corrected chi connectivity index (χ4v) is 3.09. The van der Waals surface area contributed by atoms with E-state index in [0.29, 0.717) is 0 Å². The molecule has 0 aromatic heterocycles. The van der Waals surface area contributed by atoms with Gasteiger partial charge in [-0.1, -0.05) is 31.0 Å². The maximum atomic E-state index is 12.8. The summed E-state index contributed by atoms with van der Waals surface area (Å²) in [6, 6.07) is 4.28. The van der Waals surface area contributed by atoms with Crippen molar-refractivity contribution in [3.63, 3.8) is 0 Å². The number of nitrogens with one attached hydrogen (secondary N) is 1. The van der Waals surface area contributed by atoms with E-state index in [2.05, 4.69) is 17.1 Å². The van der Waals surface area contributed by atoms with Crippen LogP contribution in [0.5, 0.6) is 0 Å². The highest BCUT2D eigenvalue weighted by Gasteiger charge is 2.33. The maximum absolute atomic E-state index is 12.8. The number of rotatable bonds is 4. The maximum Gasteiger partial charge on any atom is 0.417 e. The Bertz CT molecular complexity index is 470. The molecule has 1 aromatic rings. The minimum Gasteiger partial charge on any atom is -0.314 e. The molecule has 21 heavy (non-hydrogen) atoms. The molecule has 6 heteroatoms. The van der Waals surface area contributed by atoms with Crippen LogP contribution in [0.15, 0.2) is 18.2 Å². The van der Waals surface area contributed by atoms with Crippen molar-refractivity contribution in [2.75, 3.05) is 26.2 Å². The van der Waals surface area contributed by atoms with Gasteiger partial charge in [0.25, 0.3) is 0 Å². The van der Waals surface area contributed by atoms with E-state index >= 15 is 0 Å². The number of benzene rings is 1. The average Bonchev–Trinajstić information content (AvgIpc) is 2.44. The molecule has 1 aliphatic rings. The third kappa shape index (κ3) is 4.11. The van der Waals surface area contributed by atoms with Crippen molar-refractivity contribution in [3.8, 4) is 0 Å². The minimum atomic E-state index is -4.40. The lowest BCUT2D eigenvalue weighted by atomic mass is 9.98. The van der Waals surface area contributed by atoms with Gasteiger partial charge >= 0.3 is 6.18 Å². The number of nitrogens with zero attached hydrogens (tertiary/aromatic N) is 1. The molecule has 2 rings (SSSR count). The second-order valence-electron chi connectivity index (χ2n) is 5.33. The summed E-state index contributed by atoms with van der Waals surface area (Å²) in [5, 5.41) is 3.08. The van der Waals surface area contributed by atoms with E-state index in [0.717, 1.165) is 50.7 Å². The Kier molecular flexibility index (Phi) is 5.52. The largest absolute Gasteiger partial charge is 0.417 e. The van der Waals surface area contributed by atoms with Gasteiger partial charge < -0.3 is 5.32 Å². The van der Waals surface area contributed by atoms with Crippen LogP contribution in [0, 0.1) is 0 Å². The Hall–Kier alpha value is -0.780. The normalized spacial score (nSPS) is 18.7. The van der Waals surface area contributed by atoms with Crippen LogP contribution in [-0.4, -0.2) is 31.1 Å². The van der Waals surface area contributed by atoms with Gasteiger partial charge in [0.05, 0.1) is 10.6 Å². The molecule has 0 aliphatic carbocycles. The van der Waals surface area contributed by atoms with E-state index < -0.39 is 11.7 Å². The van der Waals surface area contributed by atoms with Crippen molar-refractivity contribution in [3.05, 3.63) is 34.3 Å². The highest BCUT2D eigenvalue weighted by atomic mass is 35.5. The van der Waals surface area contributed by atoms with E-state index in [1.165, 1.54) is 6.07 Å². The molecular formula is C15H20ClF3N2. The Morgan fingerprint density at radius 1 is 1.29 bits per heavy atom. The Morgan fingerprint density at radius 2 is 1.95 bits per heavy atom. The van der Waals surface area contributed by atoms with Gasteiger partial charge in [-0.05, 0) is 24.1 Å². The van der Waals surface area contributed by atoms with Crippen molar-refractivity contribution >= 4 is 11.6 Å². The van der Waals surface area contributed by atoms with E-state index in [9.17, 15) is 13.2 Å². The molecule has 118 valence electrons. The lowest BCUT2D eigenvalue weighted by Crippen LogP contribution is -2.45. The first-order valence-corrected chi connectivity index (χ1v) is 7.62. The number of alkyl halides is 3. The summed E-state index contributed by atoms with van der Waals surface area (Å²) in [7, 11) is 0. The quantitative estimate of drug-likeness (QED) is 0.898. The van der Waals surface area contributed by atoms with Gasteiger partial charge in [-0.15, -0.1) is 0 Å². The zero-order valence-electron chi connectivity index (χ0n) is 12.0. The first-order chi connectivity index (χ1) is 9.93. The SMILES string of the molecule is CCC[C@H](c1ccc(C(F)(F)F)c(Cl)c1)N1CCNCC1. The van der Waals surface area contributed by atoms with Crippen LogP contribution in [0.1, 0.15) is 36.9 Å². The molecule has 0 bridgehead atoms. The van der Waals surface area contributed by atoms with Crippen LogP contribution in [0.2, 0.25) is 5.02 Å². The summed E-state index contributed by atoms with van der Waals surface area (Å²) >= 11 is 5.85. The van der Waals surface area contributed by atoms with Crippen LogP contribution in [-0.2, 0) is 6.18 Å². The molecule has 1 aromatic carbocycles. The fourth-order valence-electron chi connectivity index (χ4n) is 2.80. The lowest BCUT2D eigenvalue weighted by molar-refractivity contribution is -0.137. The Morgan fingerprint density at radius 3 is 2.48 bits per heavy atom. The van der Waals surface area contributed by atoms with E-state index in [1.54, 1.807) is 6.07 Å². The van der Waals surface area contributed by atoms with E-state index in [1.807, 2.05) is 0 Å². The Balaban J connectivity index is 2.26. The van der Waals surface area contributed by atoms with Crippen LogP contribution in [0.3, 0.4) is 0 Å². The lowest BCUT2D eigenvalue weighted by Gasteiger charge is -2.35. The zero-order valence-corrected chi connectivity index (χ0v) is 12.8. The Labute approximate surface area is 128 Å². The molecule has 1 atom stereocenters. The van der Waals surface area contributed by atoms with Gasteiger partial charge in [-0.25, -0.2) is 0 Å². The predicted octanol–water partition coefficient (Wildman–Crippen LogP) is 4.11. The number of piperazine rings is 1. The number of hydrogen-bond donors (Lipinski definition) is 1. The molecule has 1 saturated heterocycles. The fraction of sp³-hybridized carbons (Fsp3) is 0.600. The van der Waals surface area contributed by atoms with Gasteiger partial charge in [0.2, 0.25) is 0 Å². The van der Waals surface area contributed by atoms with Gasteiger partial charge in [0.1, 0.15) is 0 Å². The van der Waals surface area contributed by atoms with Crippen molar-refractivity contribution < 1.29 is 13.2 Å². The van der Waals surface area contributed by atoms with Crippen LogP contribution >= 0.6 is 11.6 Å². The minimum absolute atomic E-state index is 0.136. The smallest absolute Gasteiger partial charge is 0.314 e. The highest BCUT2D eigenvalue weighted by molar-refractivity contribution is 6.31. The molecule has 1 fully saturated rings. The van der Waals surface area contributed by atoms with Crippen molar-refractivity contribution in [2.45, 2.75) is 32.0 Å². The first-order valence-electron chi connectivity index (χ1n) is 7.25. The van der Waals surface area contributed by atoms with E-state index in [4.69, 9.17) is 11.6 Å². The highest BCUT2D eigenvalue weighted by Crippen LogP contribution is 2.37. The third-order valence-corrected chi connectivity index (χ3v) is 4.15. The second-order valence-corrected chi connectivity index (χ2v) is 5.73. The zero-order chi connectivity index (χ0) is 15.5. The summed E-state index contributed by atoms with van der Waals surface area (Å²) in [6.07, 6.45) is -2.50. The third-order valence-electron chi connectivity index (χ3n) is 3.84. The predicted molar refractivity (Wildman–Crippen MR) is 78.5 cm³/mol. The molecule has 0 spiro atoms. The standard InChI is InChI=1S/C15H20ClF3N2/c1-2-3-14(21-8-6-20-7-9-21)11-4-5-12(13(16)10-11)15(17,18)19/h4-5,10,14,20H,2-3,6-9H2,1H3/t14-/m1/s1. The van der Waals surface area contributed by atoms with Gasteiger partial charge in [-0.2, -0.15) is 13.2 Å². The van der Waals surface area contributed by atoms with Crippen LogP contribution in [0.4, 0.5) is 13.2 Å². The van der Waals surface area contributed by atoms with Crippen molar-refractivity contribution in [1.29, 1.82) is 0 Å². The van der Waals surface area contributed by atoms with E-state index in [-0.39, 0.29) is 11.1 Å². The van der Waals surface area contributed by atoms with Crippen LogP contribution in [0.25, 0.3) is 0 Å². The number of hydrogen-bond acceptors (Lipinski definition) is 2. The monoisotopic (exact) mass is 320 g/mol. The molecule has 1 heterocycles. The summed E-state index contributed by atoms with van der Waals surface area (Å²) in [4.78, 5) is 2.32. The molecule has 0 saturated carbocycles. The average molecular weight is 321 g/mol. The molecule has 2 nitrogen and oxygen atoms in total. The molecule has 0 unspecified atom stereocenters. The molecule has 1 N–H and O–H groups in total. The first kappa shape index (κ1) is 16.6. The molecule has 0 amide bonds. The van der Waals surface area contributed by atoms with Crippen molar-refractivity contribution in [1.82, 2.24) is 10.2 Å². The summed E-state index contributed by atoms with van der Waals surface area (Å²) in [5.41, 5.74) is 0.111. The summed E-state index contributed by atoms with van der Waals surface area (Å²) in [6.45, 7) is 5.72. The molecular weight excluding hydrogens is 301 g/mol. The van der Waals surface area contributed by atoms with Gasteiger partial charge in [0, 0.05) is 32.2 Å². The summed E-state index contributed by atoms with van der Waals surface area (Å²) < 4.78 is 38.3. The summed E-state index contributed by atoms with van der Waals surface area (Å²) in [5.74, 6) is 0. The molecule has 1 aliphatic heterocycles.